The second-order valence-corrected chi connectivity index (χ2v) is 15.7. The summed E-state index contributed by atoms with van der Waals surface area (Å²) in [6.07, 6.45) is -0.664. The minimum absolute atomic E-state index is 0.449. The molecule has 3 aromatic rings. The second-order valence-electron chi connectivity index (χ2n) is 15.7. The van der Waals surface area contributed by atoms with Crippen molar-refractivity contribution in [3.63, 3.8) is 0 Å². The molecule has 0 radical (unpaired) electrons. The molecular formula is C43H51NO14. The van der Waals surface area contributed by atoms with E-state index in [0.717, 1.165) is 16.0 Å². The molecule has 0 spiro atoms. The van der Waals surface area contributed by atoms with Gasteiger partial charge < -0.3 is 43.2 Å². The molecule has 1 fully saturated rings. The van der Waals surface area contributed by atoms with E-state index in [4.69, 9.17) is 33.2 Å². The zero-order valence-electron chi connectivity index (χ0n) is 33.8. The summed E-state index contributed by atoms with van der Waals surface area (Å²) >= 11 is 0. The van der Waals surface area contributed by atoms with E-state index in [2.05, 4.69) is 0 Å². The maximum absolute atomic E-state index is 14.4. The van der Waals surface area contributed by atoms with Gasteiger partial charge in [0.2, 0.25) is 13.6 Å². The van der Waals surface area contributed by atoms with Crippen LogP contribution in [0.15, 0.2) is 84.9 Å². The predicted octanol–water partition coefficient (Wildman–Crippen LogP) is 5.79. The lowest BCUT2D eigenvalue weighted by atomic mass is 9.85. The molecule has 1 aliphatic heterocycles. The molecule has 1 aliphatic rings. The minimum atomic E-state index is -3.09. The minimum Gasteiger partial charge on any atom is -0.477 e. The van der Waals surface area contributed by atoms with Gasteiger partial charge in [-0.2, -0.15) is 0 Å². The molecule has 4 rings (SSSR count). The number of rotatable bonds is 17. The van der Waals surface area contributed by atoms with Crippen molar-refractivity contribution < 1.29 is 67.0 Å². The zero-order chi connectivity index (χ0) is 42.7. The summed E-state index contributed by atoms with van der Waals surface area (Å²) in [5, 5.41) is 10.1. The first-order valence-electron chi connectivity index (χ1n) is 18.7. The molecule has 0 saturated carbocycles. The first kappa shape index (κ1) is 44.9. The van der Waals surface area contributed by atoms with Gasteiger partial charge >= 0.3 is 35.6 Å². The Kier molecular flexibility index (Phi) is 15.2. The van der Waals surface area contributed by atoms with Crippen LogP contribution in [0.3, 0.4) is 0 Å². The number of carbonyl (C=O) groups excluding carboxylic acids is 5. The van der Waals surface area contributed by atoms with Gasteiger partial charge in [-0.1, -0.05) is 60.7 Å². The van der Waals surface area contributed by atoms with Crippen molar-refractivity contribution in [3.05, 3.63) is 96.1 Å². The van der Waals surface area contributed by atoms with Gasteiger partial charge in [0.25, 0.3) is 5.91 Å². The standard InChI is InChI=1S/C43H51NO14/c1-28(33(23-18-29-14-10-8-11-15-29)30-19-21-32(22-20-30)57-31-16-12-9-13-17-31)44(24-35(45)52-26-53-38(49)41(2,3)4)36(46)34-25-56-43(58-34,37(47)48)40(51)55-27-54-39(50)42(5,6)7/h8-17,19-22,28,33-34H,18,23-27H2,1-7H3,(H,47,48). The number of ether oxygens (including phenoxy) is 7. The van der Waals surface area contributed by atoms with Crippen molar-refractivity contribution in [3.8, 4) is 11.5 Å². The highest BCUT2D eigenvalue weighted by Gasteiger charge is 2.59. The number of nitrogens with zero attached hydrogens (tertiary/aromatic N) is 1. The summed E-state index contributed by atoms with van der Waals surface area (Å²) < 4.78 is 37.0. The van der Waals surface area contributed by atoms with Crippen LogP contribution in [0.2, 0.25) is 0 Å². The normalized spacial score (nSPS) is 17.6. The monoisotopic (exact) mass is 805 g/mol. The van der Waals surface area contributed by atoms with Crippen molar-refractivity contribution in [2.45, 2.75) is 85.2 Å². The van der Waals surface area contributed by atoms with Crippen LogP contribution in [0, 0.1) is 10.8 Å². The molecular weight excluding hydrogens is 754 g/mol. The Hall–Kier alpha value is -5.80. The summed E-state index contributed by atoms with van der Waals surface area (Å²) in [7, 11) is 0. The topological polar surface area (TPSA) is 190 Å². The van der Waals surface area contributed by atoms with Crippen LogP contribution in [0.4, 0.5) is 0 Å². The van der Waals surface area contributed by atoms with Gasteiger partial charge in [0.1, 0.15) is 18.0 Å². The number of esters is 4. The highest BCUT2D eigenvalue weighted by Crippen LogP contribution is 2.34. The lowest BCUT2D eigenvalue weighted by Gasteiger charge is -2.36. The molecule has 312 valence electrons. The van der Waals surface area contributed by atoms with Gasteiger partial charge in [-0.15, -0.1) is 0 Å². The highest BCUT2D eigenvalue weighted by molar-refractivity contribution is 6.02. The Morgan fingerprint density at radius 2 is 1.29 bits per heavy atom. The van der Waals surface area contributed by atoms with Gasteiger partial charge in [0.15, 0.2) is 6.10 Å². The number of carbonyl (C=O) groups is 6. The molecule has 0 aliphatic carbocycles. The van der Waals surface area contributed by atoms with Crippen LogP contribution >= 0.6 is 0 Å². The van der Waals surface area contributed by atoms with Crippen LogP contribution in [0.25, 0.3) is 0 Å². The number of aliphatic carboxylic acids is 1. The van der Waals surface area contributed by atoms with E-state index in [-0.39, 0.29) is 0 Å². The summed E-state index contributed by atoms with van der Waals surface area (Å²) in [4.78, 5) is 79.0. The molecule has 15 heteroatoms. The quantitative estimate of drug-likeness (QED) is 0.0980. The van der Waals surface area contributed by atoms with Crippen LogP contribution < -0.4 is 4.74 Å². The van der Waals surface area contributed by atoms with Gasteiger partial charge in [-0.3, -0.25) is 19.2 Å². The molecule has 3 aromatic carbocycles. The molecule has 1 heterocycles. The van der Waals surface area contributed by atoms with Gasteiger partial charge in [0.05, 0.1) is 17.4 Å². The third-order valence-corrected chi connectivity index (χ3v) is 9.12. The van der Waals surface area contributed by atoms with E-state index in [1.807, 2.05) is 72.8 Å². The molecule has 1 saturated heterocycles. The number of para-hydroxylation sites is 1. The molecule has 1 amide bonds. The van der Waals surface area contributed by atoms with Crippen LogP contribution in [-0.4, -0.2) is 90.4 Å². The van der Waals surface area contributed by atoms with E-state index in [0.29, 0.717) is 24.3 Å². The maximum atomic E-state index is 14.4. The fraction of sp³-hybridized carbons (Fsp3) is 0.442. The summed E-state index contributed by atoms with van der Waals surface area (Å²) in [5.74, 6) is -9.03. The van der Waals surface area contributed by atoms with Crippen molar-refractivity contribution in [1.82, 2.24) is 4.90 Å². The van der Waals surface area contributed by atoms with Crippen molar-refractivity contribution >= 4 is 35.8 Å². The second kappa shape index (κ2) is 19.6. The van der Waals surface area contributed by atoms with Crippen molar-refractivity contribution in [1.29, 1.82) is 0 Å². The Balaban J connectivity index is 1.63. The lowest BCUT2D eigenvalue weighted by molar-refractivity contribution is -0.227. The Morgan fingerprint density at radius 1 is 0.759 bits per heavy atom. The fourth-order valence-corrected chi connectivity index (χ4v) is 5.77. The molecule has 0 bridgehead atoms. The first-order chi connectivity index (χ1) is 27.3. The smallest absolute Gasteiger partial charge is 0.382 e. The number of carboxylic acid groups (broad SMARTS) is 1. The van der Waals surface area contributed by atoms with Gasteiger partial charge in [-0.25, -0.2) is 9.59 Å². The largest absolute Gasteiger partial charge is 0.477 e. The summed E-state index contributed by atoms with van der Waals surface area (Å²) in [6.45, 7) is 8.24. The number of hydrogen-bond donors (Lipinski definition) is 1. The van der Waals surface area contributed by atoms with E-state index < -0.39 is 97.2 Å². The lowest BCUT2D eigenvalue weighted by Crippen LogP contribution is -2.53. The number of aryl methyl sites for hydroxylation is 1. The first-order valence-corrected chi connectivity index (χ1v) is 18.7. The fourth-order valence-electron chi connectivity index (χ4n) is 5.77. The van der Waals surface area contributed by atoms with Crippen molar-refractivity contribution in [2.24, 2.45) is 10.8 Å². The van der Waals surface area contributed by atoms with Gasteiger partial charge in [-0.05, 0) is 96.7 Å². The molecule has 1 N–H and O–H groups in total. The van der Waals surface area contributed by atoms with Gasteiger partial charge in [0, 0.05) is 12.0 Å². The Labute approximate surface area is 337 Å². The Bertz CT molecular complexity index is 1890. The third kappa shape index (κ3) is 12.1. The number of hydrogen-bond acceptors (Lipinski definition) is 13. The maximum Gasteiger partial charge on any atom is 0.382 e. The number of amides is 1. The van der Waals surface area contributed by atoms with Crippen molar-refractivity contribution in [2.75, 3.05) is 26.7 Å². The molecule has 15 nitrogen and oxygen atoms in total. The van der Waals surface area contributed by atoms with Crippen LogP contribution in [0.5, 0.6) is 11.5 Å². The Morgan fingerprint density at radius 3 is 1.84 bits per heavy atom. The van der Waals surface area contributed by atoms with E-state index >= 15 is 0 Å². The highest BCUT2D eigenvalue weighted by atomic mass is 16.8. The molecule has 58 heavy (non-hydrogen) atoms. The molecule has 0 aromatic heterocycles. The van der Waals surface area contributed by atoms with E-state index in [9.17, 15) is 33.9 Å². The summed E-state index contributed by atoms with van der Waals surface area (Å²) in [5.41, 5.74) is -0.0120. The average Bonchev–Trinajstić information content (AvgIpc) is 3.65. The molecule has 4 atom stereocenters. The summed E-state index contributed by atoms with van der Waals surface area (Å²) in [6, 6.07) is 25.3. The van der Waals surface area contributed by atoms with E-state index in [1.54, 1.807) is 60.6 Å². The number of carboxylic acids is 1. The molecule has 4 unspecified atom stereocenters. The predicted molar refractivity (Wildman–Crippen MR) is 206 cm³/mol. The van der Waals surface area contributed by atoms with E-state index in [1.165, 1.54) is 0 Å². The van der Waals surface area contributed by atoms with Crippen LogP contribution in [0.1, 0.15) is 71.9 Å². The van der Waals surface area contributed by atoms with Crippen LogP contribution in [-0.2, 0) is 63.6 Å². The average molecular weight is 806 g/mol. The third-order valence-electron chi connectivity index (χ3n) is 9.12. The number of benzene rings is 3. The SMILES string of the molecule is CC(C(CCc1ccccc1)c1ccc(Oc2ccccc2)cc1)N(CC(=O)OCOC(=O)C(C)(C)C)C(=O)C1COC(C(=O)O)(C(=O)OCOC(=O)C(C)(C)C)O1. The zero-order valence-corrected chi connectivity index (χ0v) is 33.8.